The predicted molar refractivity (Wildman–Crippen MR) is 65.3 cm³/mol. The third kappa shape index (κ3) is 2.03. The first-order valence-electron chi connectivity index (χ1n) is 4.64. The summed E-state index contributed by atoms with van der Waals surface area (Å²) < 4.78 is 10.9. The summed E-state index contributed by atoms with van der Waals surface area (Å²) in [6.07, 6.45) is 0. The molecule has 0 aliphatic carbocycles. The summed E-state index contributed by atoms with van der Waals surface area (Å²) in [4.78, 5) is 22.5. The molecule has 17 heavy (non-hydrogen) atoms. The largest absolute Gasteiger partial charge is 0.493 e. The highest BCUT2D eigenvalue weighted by Gasteiger charge is 2.13. The SMILES string of the molecule is COc1cc(Br)cc2cc(C(N)=O)c(=O)oc12. The van der Waals surface area contributed by atoms with Gasteiger partial charge in [-0.3, -0.25) is 4.79 Å². The second kappa shape index (κ2) is 4.21. The van der Waals surface area contributed by atoms with E-state index in [1.165, 1.54) is 13.2 Å². The van der Waals surface area contributed by atoms with Gasteiger partial charge in [0.05, 0.1) is 7.11 Å². The van der Waals surface area contributed by atoms with Crippen LogP contribution in [0.3, 0.4) is 0 Å². The fraction of sp³-hybridized carbons (Fsp3) is 0.0909. The maximum atomic E-state index is 11.5. The van der Waals surface area contributed by atoms with Gasteiger partial charge in [-0.15, -0.1) is 0 Å². The number of fused-ring (bicyclic) bond motifs is 1. The summed E-state index contributed by atoms with van der Waals surface area (Å²) in [5.41, 5.74) is 4.40. The molecule has 5 nitrogen and oxygen atoms in total. The van der Waals surface area contributed by atoms with E-state index in [4.69, 9.17) is 14.9 Å². The average Bonchev–Trinajstić information content (AvgIpc) is 2.27. The van der Waals surface area contributed by atoms with Gasteiger partial charge in [-0.05, 0) is 18.2 Å². The molecule has 0 spiro atoms. The molecule has 88 valence electrons. The Kier molecular flexibility index (Phi) is 2.89. The van der Waals surface area contributed by atoms with E-state index in [2.05, 4.69) is 15.9 Å². The number of amides is 1. The van der Waals surface area contributed by atoms with Crippen molar-refractivity contribution in [3.05, 3.63) is 38.7 Å². The number of nitrogens with two attached hydrogens (primary N) is 1. The van der Waals surface area contributed by atoms with E-state index in [0.717, 1.165) is 4.47 Å². The maximum Gasteiger partial charge on any atom is 0.349 e. The summed E-state index contributed by atoms with van der Waals surface area (Å²) in [5.74, 6) is -0.415. The van der Waals surface area contributed by atoms with Gasteiger partial charge in [-0.1, -0.05) is 15.9 Å². The average molecular weight is 298 g/mol. The lowest BCUT2D eigenvalue weighted by Gasteiger charge is -2.05. The van der Waals surface area contributed by atoms with Crippen LogP contribution in [0.2, 0.25) is 0 Å². The van der Waals surface area contributed by atoms with Gasteiger partial charge in [0.25, 0.3) is 5.91 Å². The van der Waals surface area contributed by atoms with E-state index < -0.39 is 11.5 Å². The molecule has 0 saturated carbocycles. The van der Waals surface area contributed by atoms with Crippen molar-refractivity contribution in [3.63, 3.8) is 0 Å². The van der Waals surface area contributed by atoms with Gasteiger partial charge in [-0.25, -0.2) is 4.79 Å². The monoisotopic (exact) mass is 297 g/mol. The Morgan fingerprint density at radius 2 is 2.12 bits per heavy atom. The molecule has 1 heterocycles. The van der Waals surface area contributed by atoms with Crippen LogP contribution < -0.4 is 16.1 Å². The highest BCUT2D eigenvalue weighted by atomic mass is 79.9. The Balaban J connectivity index is 2.87. The molecule has 0 atom stereocenters. The molecular formula is C11H8BrNO4. The first kappa shape index (κ1) is 11.7. The summed E-state index contributed by atoms with van der Waals surface area (Å²) in [7, 11) is 1.46. The molecule has 0 aliphatic heterocycles. The lowest BCUT2D eigenvalue weighted by atomic mass is 10.1. The number of rotatable bonds is 2. The summed E-state index contributed by atoms with van der Waals surface area (Å²) in [6.45, 7) is 0. The molecule has 2 rings (SSSR count). The highest BCUT2D eigenvalue weighted by Crippen LogP contribution is 2.29. The third-order valence-electron chi connectivity index (χ3n) is 2.25. The Labute approximate surface area is 104 Å². The zero-order chi connectivity index (χ0) is 12.6. The first-order valence-corrected chi connectivity index (χ1v) is 5.43. The standard InChI is InChI=1S/C11H8BrNO4/c1-16-8-4-6(12)2-5-3-7(10(13)14)11(15)17-9(5)8/h2-4H,1H3,(H2,13,14). The van der Waals surface area contributed by atoms with Gasteiger partial charge in [0.1, 0.15) is 5.56 Å². The Morgan fingerprint density at radius 3 is 2.71 bits per heavy atom. The molecule has 1 aromatic carbocycles. The maximum absolute atomic E-state index is 11.5. The molecule has 0 bridgehead atoms. The minimum atomic E-state index is -0.820. The van der Waals surface area contributed by atoms with Crippen molar-refractivity contribution in [2.75, 3.05) is 7.11 Å². The fourth-order valence-corrected chi connectivity index (χ4v) is 1.95. The van der Waals surface area contributed by atoms with E-state index in [9.17, 15) is 9.59 Å². The molecule has 0 fully saturated rings. The van der Waals surface area contributed by atoms with Crippen LogP contribution in [0.25, 0.3) is 11.0 Å². The first-order chi connectivity index (χ1) is 8.02. The van der Waals surface area contributed by atoms with Crippen LogP contribution in [0.5, 0.6) is 5.75 Å². The number of benzene rings is 1. The van der Waals surface area contributed by atoms with Gasteiger partial charge in [0.15, 0.2) is 11.3 Å². The number of ether oxygens (including phenoxy) is 1. The zero-order valence-corrected chi connectivity index (χ0v) is 10.4. The highest BCUT2D eigenvalue weighted by molar-refractivity contribution is 9.10. The van der Waals surface area contributed by atoms with Crippen LogP contribution in [-0.2, 0) is 0 Å². The number of carbonyl (C=O) groups excluding carboxylic acids is 1. The van der Waals surface area contributed by atoms with E-state index in [1.807, 2.05) is 0 Å². The van der Waals surface area contributed by atoms with Crippen LogP contribution in [0.1, 0.15) is 10.4 Å². The van der Waals surface area contributed by atoms with Crippen LogP contribution in [0, 0.1) is 0 Å². The molecule has 0 aliphatic rings. The van der Waals surface area contributed by atoms with E-state index in [1.54, 1.807) is 12.1 Å². The fourth-order valence-electron chi connectivity index (χ4n) is 1.49. The number of hydrogen-bond donors (Lipinski definition) is 1. The molecule has 0 unspecified atom stereocenters. The lowest BCUT2D eigenvalue weighted by Crippen LogP contribution is -2.20. The summed E-state index contributed by atoms with van der Waals surface area (Å²) >= 11 is 3.29. The van der Waals surface area contributed by atoms with Crippen molar-refractivity contribution >= 4 is 32.8 Å². The van der Waals surface area contributed by atoms with Gasteiger partial charge in [0, 0.05) is 9.86 Å². The number of carbonyl (C=O) groups is 1. The van der Waals surface area contributed by atoms with Gasteiger partial charge in [0.2, 0.25) is 0 Å². The van der Waals surface area contributed by atoms with E-state index >= 15 is 0 Å². The van der Waals surface area contributed by atoms with Crippen molar-refractivity contribution in [2.24, 2.45) is 5.73 Å². The molecule has 0 radical (unpaired) electrons. The Morgan fingerprint density at radius 1 is 1.41 bits per heavy atom. The summed E-state index contributed by atoms with van der Waals surface area (Å²) in [6, 6.07) is 4.75. The quantitative estimate of drug-likeness (QED) is 0.855. The Bertz CT molecular complexity index is 662. The lowest BCUT2D eigenvalue weighted by molar-refractivity contribution is 0.0997. The van der Waals surface area contributed by atoms with Crippen LogP contribution in [0.15, 0.2) is 31.9 Å². The zero-order valence-electron chi connectivity index (χ0n) is 8.82. The second-order valence-electron chi connectivity index (χ2n) is 3.34. The van der Waals surface area contributed by atoms with Crippen molar-refractivity contribution in [3.8, 4) is 5.75 Å². The smallest absolute Gasteiger partial charge is 0.349 e. The van der Waals surface area contributed by atoms with Crippen molar-refractivity contribution in [1.29, 1.82) is 0 Å². The summed E-state index contributed by atoms with van der Waals surface area (Å²) in [5, 5.41) is 0.560. The number of methoxy groups -OCH3 is 1. The van der Waals surface area contributed by atoms with E-state index in [0.29, 0.717) is 11.1 Å². The van der Waals surface area contributed by atoms with Gasteiger partial charge >= 0.3 is 5.63 Å². The minimum absolute atomic E-state index is 0.183. The normalized spacial score (nSPS) is 10.5. The Hall–Kier alpha value is -1.82. The van der Waals surface area contributed by atoms with E-state index in [-0.39, 0.29) is 11.1 Å². The number of hydrogen-bond acceptors (Lipinski definition) is 4. The predicted octanol–water partition coefficient (Wildman–Crippen LogP) is 1.66. The number of primary amides is 1. The van der Waals surface area contributed by atoms with Crippen molar-refractivity contribution in [1.82, 2.24) is 0 Å². The molecular weight excluding hydrogens is 290 g/mol. The number of halogens is 1. The molecule has 6 heteroatoms. The van der Waals surface area contributed by atoms with Gasteiger partial charge < -0.3 is 14.9 Å². The van der Waals surface area contributed by atoms with Crippen LogP contribution in [-0.4, -0.2) is 13.0 Å². The molecule has 2 N–H and O–H groups in total. The van der Waals surface area contributed by atoms with Crippen LogP contribution in [0.4, 0.5) is 0 Å². The minimum Gasteiger partial charge on any atom is -0.493 e. The van der Waals surface area contributed by atoms with Crippen molar-refractivity contribution in [2.45, 2.75) is 0 Å². The topological polar surface area (TPSA) is 82.5 Å². The third-order valence-corrected chi connectivity index (χ3v) is 2.71. The second-order valence-corrected chi connectivity index (χ2v) is 4.25. The molecule has 1 amide bonds. The molecule has 2 aromatic rings. The molecule has 0 saturated heterocycles. The van der Waals surface area contributed by atoms with Crippen molar-refractivity contribution < 1.29 is 13.9 Å². The van der Waals surface area contributed by atoms with Gasteiger partial charge in [-0.2, -0.15) is 0 Å². The van der Waals surface area contributed by atoms with Crippen LogP contribution >= 0.6 is 15.9 Å². The molecule has 1 aromatic heterocycles.